The number of nitrogens with one attached hydrogen (secondary N) is 3. The van der Waals surface area contributed by atoms with E-state index in [9.17, 15) is 13.2 Å². The molecule has 160 valence electrons. The third kappa shape index (κ3) is 6.03. The predicted molar refractivity (Wildman–Crippen MR) is 127 cm³/mol. The molecule has 0 atom stereocenters. The Morgan fingerprint density at radius 3 is 1.77 bits per heavy atom. The number of sulfonamides is 1. The molecule has 31 heavy (non-hydrogen) atoms. The highest BCUT2D eigenvalue weighted by Crippen LogP contribution is 2.21. The van der Waals surface area contributed by atoms with Gasteiger partial charge in [0.1, 0.15) is 5.75 Å². The van der Waals surface area contributed by atoms with Crippen LogP contribution in [0.5, 0.6) is 5.75 Å². The summed E-state index contributed by atoms with van der Waals surface area (Å²) in [5, 5.41) is 6.34. The van der Waals surface area contributed by atoms with Crippen molar-refractivity contribution in [3.8, 4) is 5.75 Å². The highest BCUT2D eigenvalue weighted by molar-refractivity contribution is 7.92. The van der Waals surface area contributed by atoms with Gasteiger partial charge in [-0.25, -0.2) is 8.42 Å². The number of benzene rings is 3. The highest BCUT2D eigenvalue weighted by Gasteiger charge is 2.14. The molecule has 0 aromatic heterocycles. The van der Waals surface area contributed by atoms with Gasteiger partial charge >= 0.3 is 0 Å². The number of rotatable bonds is 7. The molecule has 3 aromatic carbocycles. The number of anilines is 3. The number of hydrogen-bond acceptors (Lipinski definition) is 5. The molecule has 0 radical (unpaired) electrons. The molecule has 0 fully saturated rings. The summed E-state index contributed by atoms with van der Waals surface area (Å²) >= 11 is 5.29. The van der Waals surface area contributed by atoms with Gasteiger partial charge in [0.05, 0.1) is 12.0 Å². The van der Waals surface area contributed by atoms with Crippen LogP contribution >= 0.6 is 12.2 Å². The molecule has 0 saturated carbocycles. The van der Waals surface area contributed by atoms with Crippen LogP contribution in [0.15, 0.2) is 77.7 Å². The third-order valence-electron chi connectivity index (χ3n) is 4.31. The average Bonchev–Trinajstić information content (AvgIpc) is 2.74. The molecule has 3 rings (SSSR count). The Balaban J connectivity index is 1.61. The Morgan fingerprint density at radius 1 is 0.806 bits per heavy atom. The van der Waals surface area contributed by atoms with Crippen LogP contribution in [0.4, 0.5) is 17.1 Å². The lowest BCUT2D eigenvalue weighted by Crippen LogP contribution is -2.19. The molecular weight excluding hydrogens is 434 g/mol. The molecule has 0 aliphatic carbocycles. The summed E-state index contributed by atoms with van der Waals surface area (Å²) < 4.78 is 32.8. The van der Waals surface area contributed by atoms with Gasteiger partial charge in [-0.3, -0.25) is 9.52 Å². The van der Waals surface area contributed by atoms with Crippen LogP contribution < -0.4 is 20.1 Å². The van der Waals surface area contributed by atoms with Crippen molar-refractivity contribution in [2.24, 2.45) is 0 Å². The van der Waals surface area contributed by atoms with Crippen molar-refractivity contribution in [1.82, 2.24) is 0 Å². The van der Waals surface area contributed by atoms with Crippen molar-refractivity contribution >= 4 is 50.2 Å². The molecule has 7 nitrogen and oxygen atoms in total. The first-order chi connectivity index (χ1) is 14.8. The molecule has 0 saturated heterocycles. The maximum atomic E-state index is 12.6. The lowest BCUT2D eigenvalue weighted by molar-refractivity contribution is 0.101. The smallest absolute Gasteiger partial charge is 0.261 e. The zero-order chi connectivity index (χ0) is 22.4. The highest BCUT2D eigenvalue weighted by atomic mass is 32.2. The molecule has 0 amide bonds. The fourth-order valence-electron chi connectivity index (χ4n) is 2.67. The minimum absolute atomic E-state index is 0.0104. The first-order valence-corrected chi connectivity index (χ1v) is 11.1. The number of thiocarbonyl (C=S) groups is 1. The minimum atomic E-state index is -3.73. The van der Waals surface area contributed by atoms with Gasteiger partial charge in [-0.05, 0) is 91.9 Å². The first-order valence-electron chi connectivity index (χ1n) is 9.23. The van der Waals surface area contributed by atoms with E-state index in [2.05, 4.69) is 15.4 Å². The second kappa shape index (κ2) is 9.59. The van der Waals surface area contributed by atoms with Crippen LogP contribution in [0.3, 0.4) is 0 Å². The molecule has 3 aromatic rings. The second-order valence-corrected chi connectivity index (χ2v) is 8.66. The number of methoxy groups -OCH3 is 1. The van der Waals surface area contributed by atoms with Crippen LogP contribution in [-0.4, -0.2) is 26.4 Å². The van der Waals surface area contributed by atoms with Crippen LogP contribution in [0, 0.1) is 0 Å². The zero-order valence-electron chi connectivity index (χ0n) is 16.9. The minimum Gasteiger partial charge on any atom is -0.497 e. The van der Waals surface area contributed by atoms with Crippen LogP contribution in [0.25, 0.3) is 0 Å². The summed E-state index contributed by atoms with van der Waals surface area (Å²) in [4.78, 5) is 11.5. The zero-order valence-corrected chi connectivity index (χ0v) is 18.5. The van der Waals surface area contributed by atoms with Gasteiger partial charge < -0.3 is 15.4 Å². The Hall–Kier alpha value is -3.43. The second-order valence-electron chi connectivity index (χ2n) is 6.57. The van der Waals surface area contributed by atoms with Crippen molar-refractivity contribution in [1.29, 1.82) is 0 Å². The Kier molecular flexibility index (Phi) is 6.88. The van der Waals surface area contributed by atoms with E-state index in [0.717, 1.165) is 5.69 Å². The molecule has 0 spiro atoms. The average molecular weight is 456 g/mol. The van der Waals surface area contributed by atoms with Crippen molar-refractivity contribution in [3.05, 3.63) is 78.4 Å². The van der Waals surface area contributed by atoms with Crippen molar-refractivity contribution in [3.63, 3.8) is 0 Å². The van der Waals surface area contributed by atoms with Crippen molar-refractivity contribution in [2.75, 3.05) is 22.5 Å². The van der Waals surface area contributed by atoms with E-state index in [0.29, 0.717) is 27.8 Å². The maximum Gasteiger partial charge on any atom is 0.261 e. The molecule has 3 N–H and O–H groups in total. The lowest BCUT2D eigenvalue weighted by atomic mass is 10.1. The summed E-state index contributed by atoms with van der Waals surface area (Å²) in [6.07, 6.45) is 0. The fraction of sp³-hybridized carbons (Fsp3) is 0.0909. The van der Waals surface area contributed by atoms with Crippen LogP contribution in [-0.2, 0) is 10.0 Å². The molecule has 0 bridgehead atoms. The largest absolute Gasteiger partial charge is 0.497 e. The molecule has 0 unspecified atom stereocenters. The molecule has 0 aliphatic rings. The van der Waals surface area contributed by atoms with Gasteiger partial charge in [-0.2, -0.15) is 0 Å². The topological polar surface area (TPSA) is 96.5 Å². The van der Waals surface area contributed by atoms with Gasteiger partial charge in [-0.15, -0.1) is 0 Å². The van der Waals surface area contributed by atoms with Crippen LogP contribution in [0.1, 0.15) is 17.3 Å². The van der Waals surface area contributed by atoms with E-state index in [-0.39, 0.29) is 10.7 Å². The van der Waals surface area contributed by atoms with Gasteiger partial charge in [0.15, 0.2) is 10.9 Å². The van der Waals surface area contributed by atoms with Gasteiger partial charge in [0.2, 0.25) is 0 Å². The Labute approximate surface area is 186 Å². The first kappa shape index (κ1) is 22.3. The fourth-order valence-corrected chi connectivity index (χ4v) is 3.97. The number of hydrogen-bond donors (Lipinski definition) is 3. The third-order valence-corrected chi connectivity index (χ3v) is 5.92. The van der Waals surface area contributed by atoms with E-state index in [1.807, 2.05) is 0 Å². The standard InChI is InChI=1S/C22H21N3O4S2/c1-15(26)16-3-5-17(6-4-16)23-22(30)24-18-9-13-21(14-10-18)31(27,28)25-19-7-11-20(29-2)12-8-19/h3-14,25H,1-2H3,(H2,23,24,30). The van der Waals surface area contributed by atoms with E-state index in [1.54, 1.807) is 67.8 Å². The number of ether oxygens (including phenoxy) is 1. The Morgan fingerprint density at radius 2 is 1.29 bits per heavy atom. The summed E-state index contributed by atoms with van der Waals surface area (Å²) in [5.41, 5.74) is 2.40. The summed E-state index contributed by atoms with van der Waals surface area (Å²) in [6, 6.07) is 19.7. The number of Topliss-reactive ketones (excluding diaryl/α,β-unsaturated/α-hetero) is 1. The normalized spacial score (nSPS) is 10.8. The summed E-state index contributed by atoms with van der Waals surface area (Å²) in [6.45, 7) is 1.50. The lowest BCUT2D eigenvalue weighted by Gasteiger charge is -2.12. The summed E-state index contributed by atoms with van der Waals surface area (Å²) in [5.74, 6) is 0.626. The van der Waals surface area contributed by atoms with E-state index in [1.165, 1.54) is 19.1 Å². The molecule has 0 aliphatic heterocycles. The quantitative estimate of drug-likeness (QED) is 0.356. The van der Waals surface area contributed by atoms with Crippen LogP contribution in [0.2, 0.25) is 0 Å². The molecule has 0 heterocycles. The van der Waals surface area contributed by atoms with Gasteiger partial charge in [0, 0.05) is 22.6 Å². The van der Waals surface area contributed by atoms with E-state index >= 15 is 0 Å². The molecule has 9 heteroatoms. The predicted octanol–water partition coefficient (Wildman–Crippen LogP) is 4.51. The van der Waals surface area contributed by atoms with E-state index < -0.39 is 10.0 Å². The monoisotopic (exact) mass is 455 g/mol. The van der Waals surface area contributed by atoms with E-state index in [4.69, 9.17) is 17.0 Å². The number of carbonyl (C=O) groups is 1. The van der Waals surface area contributed by atoms with Crippen molar-refractivity contribution in [2.45, 2.75) is 11.8 Å². The maximum absolute atomic E-state index is 12.6. The van der Waals surface area contributed by atoms with Gasteiger partial charge in [-0.1, -0.05) is 0 Å². The number of ketones is 1. The SMILES string of the molecule is COc1ccc(NS(=O)(=O)c2ccc(NC(=S)Nc3ccc(C(C)=O)cc3)cc2)cc1. The van der Waals surface area contributed by atoms with Gasteiger partial charge in [0.25, 0.3) is 10.0 Å². The molecular formula is C22H21N3O4S2. The summed E-state index contributed by atoms with van der Waals surface area (Å²) in [7, 11) is -2.19. The number of carbonyl (C=O) groups excluding carboxylic acids is 1. The Bertz CT molecular complexity index is 1170. The van der Waals surface area contributed by atoms with Crippen molar-refractivity contribution < 1.29 is 17.9 Å².